The molecule has 1 atom stereocenters. The maximum atomic E-state index is 13.4. The molecule has 0 bridgehead atoms. The molecule has 0 spiro atoms. The number of H-pyrrole nitrogens is 1. The Labute approximate surface area is 208 Å². The second kappa shape index (κ2) is 10.6. The van der Waals surface area contributed by atoms with Gasteiger partial charge in [0.15, 0.2) is 17.3 Å². The number of benzene rings is 3. The molecule has 1 aliphatic rings. The van der Waals surface area contributed by atoms with Gasteiger partial charge in [0.1, 0.15) is 5.75 Å². The Bertz CT molecular complexity index is 1300. The Morgan fingerprint density at radius 2 is 1.86 bits per heavy atom. The molecule has 36 heavy (non-hydrogen) atoms. The van der Waals surface area contributed by atoms with Crippen molar-refractivity contribution in [2.75, 3.05) is 13.2 Å². The summed E-state index contributed by atoms with van der Waals surface area (Å²) in [5.41, 5.74) is 7.23. The van der Waals surface area contributed by atoms with Crippen LogP contribution in [-0.2, 0) is 12.1 Å². The molecule has 5 rings (SSSR count). The Balaban J connectivity index is 1.24. The van der Waals surface area contributed by atoms with Crippen molar-refractivity contribution in [3.63, 3.8) is 0 Å². The van der Waals surface area contributed by atoms with Gasteiger partial charge >= 0.3 is 0 Å². The number of carbonyl (C=O) groups excluding carboxylic acids is 1. The molecule has 9 nitrogen and oxygen atoms in total. The summed E-state index contributed by atoms with van der Waals surface area (Å²) < 4.78 is 17.8. The first-order chi connectivity index (χ1) is 17.6. The van der Waals surface area contributed by atoms with Gasteiger partial charge in [-0.2, -0.15) is 5.21 Å². The van der Waals surface area contributed by atoms with Crippen LogP contribution in [0.2, 0.25) is 0 Å². The van der Waals surface area contributed by atoms with Crippen molar-refractivity contribution in [2.45, 2.75) is 31.4 Å². The second-order valence-corrected chi connectivity index (χ2v) is 8.60. The van der Waals surface area contributed by atoms with Gasteiger partial charge in [-0.05, 0) is 66.4 Å². The summed E-state index contributed by atoms with van der Waals surface area (Å²) in [4.78, 5) is 13.4. The first kappa shape index (κ1) is 23.5. The molecular formula is C27H27N5O4. The standard InChI is InChI=1S/C27H27N5O4/c28-27(26-29-31-32-30-26)16-18-35-23-11-6-10-22(25(23)36-27)24(33)20-12-14-21(15-13-20)34-17-5-4-9-19-7-2-1-3-8-19/h1-3,6-8,10-15H,4-5,9,16-18,28H2,(H,29,30,31,32). The van der Waals surface area contributed by atoms with Crippen LogP contribution in [0.1, 0.15) is 46.6 Å². The van der Waals surface area contributed by atoms with E-state index >= 15 is 0 Å². The lowest BCUT2D eigenvalue weighted by Crippen LogP contribution is -2.44. The van der Waals surface area contributed by atoms with E-state index in [-0.39, 0.29) is 30.4 Å². The minimum absolute atomic E-state index is 0.187. The van der Waals surface area contributed by atoms with E-state index in [1.54, 1.807) is 42.5 Å². The predicted octanol–water partition coefficient (Wildman–Crippen LogP) is 3.81. The van der Waals surface area contributed by atoms with Crippen LogP contribution < -0.4 is 19.9 Å². The number of aromatic amines is 1. The number of para-hydroxylation sites is 1. The summed E-state index contributed by atoms with van der Waals surface area (Å²) in [6.07, 6.45) is 3.31. The maximum Gasteiger partial charge on any atom is 0.233 e. The van der Waals surface area contributed by atoms with Crippen molar-refractivity contribution in [3.05, 3.63) is 95.3 Å². The van der Waals surface area contributed by atoms with Gasteiger partial charge < -0.3 is 14.2 Å². The minimum Gasteiger partial charge on any atom is -0.494 e. The predicted molar refractivity (Wildman–Crippen MR) is 132 cm³/mol. The number of tetrazole rings is 1. The number of carbonyl (C=O) groups is 1. The molecule has 9 heteroatoms. The molecule has 2 heterocycles. The van der Waals surface area contributed by atoms with E-state index < -0.39 is 5.72 Å². The Morgan fingerprint density at radius 3 is 2.64 bits per heavy atom. The number of fused-ring (bicyclic) bond motifs is 1. The van der Waals surface area contributed by atoms with E-state index in [0.29, 0.717) is 23.5 Å². The third-order valence-electron chi connectivity index (χ3n) is 6.05. The highest BCUT2D eigenvalue weighted by Gasteiger charge is 2.39. The summed E-state index contributed by atoms with van der Waals surface area (Å²) >= 11 is 0. The molecule has 3 N–H and O–H groups in total. The second-order valence-electron chi connectivity index (χ2n) is 8.60. The highest BCUT2D eigenvalue weighted by molar-refractivity contribution is 6.11. The zero-order valence-electron chi connectivity index (χ0n) is 19.7. The zero-order chi connectivity index (χ0) is 24.8. The van der Waals surface area contributed by atoms with Crippen LogP contribution >= 0.6 is 0 Å². The fourth-order valence-electron chi connectivity index (χ4n) is 4.08. The van der Waals surface area contributed by atoms with E-state index in [1.807, 2.05) is 6.07 Å². The molecule has 0 amide bonds. The molecular weight excluding hydrogens is 458 g/mol. The first-order valence-corrected chi connectivity index (χ1v) is 11.9. The van der Waals surface area contributed by atoms with Crippen LogP contribution in [-0.4, -0.2) is 39.6 Å². The highest BCUT2D eigenvalue weighted by atomic mass is 16.6. The smallest absolute Gasteiger partial charge is 0.233 e. The lowest BCUT2D eigenvalue weighted by atomic mass is 10.0. The normalized spacial score (nSPS) is 16.8. The molecule has 0 saturated heterocycles. The molecule has 0 fully saturated rings. The van der Waals surface area contributed by atoms with Crippen LogP contribution in [0, 0.1) is 0 Å². The summed E-state index contributed by atoms with van der Waals surface area (Å²) in [6.45, 7) is 0.888. The Kier molecular flexibility index (Phi) is 6.90. The number of unbranched alkanes of at least 4 members (excludes halogenated alkanes) is 1. The Hall–Kier alpha value is -4.24. The third kappa shape index (κ3) is 5.21. The number of hydrogen-bond acceptors (Lipinski definition) is 8. The van der Waals surface area contributed by atoms with Crippen LogP contribution in [0.25, 0.3) is 0 Å². The number of ketones is 1. The van der Waals surface area contributed by atoms with Gasteiger partial charge in [-0.3, -0.25) is 10.5 Å². The maximum absolute atomic E-state index is 13.4. The molecule has 3 aromatic carbocycles. The number of rotatable bonds is 9. The Morgan fingerprint density at radius 1 is 1.03 bits per heavy atom. The van der Waals surface area contributed by atoms with Gasteiger partial charge in [0.25, 0.3) is 0 Å². The summed E-state index contributed by atoms with van der Waals surface area (Å²) in [5.74, 6) is 1.38. The van der Waals surface area contributed by atoms with E-state index in [4.69, 9.17) is 19.9 Å². The van der Waals surface area contributed by atoms with E-state index in [0.717, 1.165) is 25.0 Å². The topological polar surface area (TPSA) is 125 Å². The number of nitrogens with one attached hydrogen (secondary N) is 1. The highest BCUT2D eigenvalue weighted by Crippen LogP contribution is 2.39. The zero-order valence-corrected chi connectivity index (χ0v) is 19.7. The first-order valence-electron chi connectivity index (χ1n) is 11.9. The van der Waals surface area contributed by atoms with Crippen LogP contribution in [0.5, 0.6) is 17.2 Å². The van der Waals surface area contributed by atoms with Crippen molar-refractivity contribution in [2.24, 2.45) is 5.73 Å². The largest absolute Gasteiger partial charge is 0.494 e. The number of ether oxygens (including phenoxy) is 3. The number of aromatic nitrogens is 4. The monoisotopic (exact) mass is 485 g/mol. The van der Waals surface area contributed by atoms with Crippen molar-refractivity contribution >= 4 is 5.78 Å². The van der Waals surface area contributed by atoms with Crippen molar-refractivity contribution in [1.29, 1.82) is 0 Å². The van der Waals surface area contributed by atoms with Crippen molar-refractivity contribution in [1.82, 2.24) is 20.6 Å². The average molecular weight is 486 g/mol. The molecule has 4 aromatic rings. The van der Waals surface area contributed by atoms with Gasteiger partial charge in [-0.15, -0.1) is 10.2 Å². The molecule has 0 saturated carbocycles. The fourth-order valence-corrected chi connectivity index (χ4v) is 4.08. The van der Waals surface area contributed by atoms with E-state index in [1.165, 1.54) is 5.56 Å². The van der Waals surface area contributed by atoms with Gasteiger partial charge in [-0.25, -0.2) is 0 Å². The lowest BCUT2D eigenvalue weighted by Gasteiger charge is -2.25. The summed E-state index contributed by atoms with van der Waals surface area (Å²) in [5, 5.41) is 13.9. The number of aryl methyl sites for hydroxylation is 1. The summed E-state index contributed by atoms with van der Waals surface area (Å²) in [6, 6.07) is 22.7. The van der Waals surface area contributed by atoms with Gasteiger partial charge in [-0.1, -0.05) is 36.4 Å². The molecule has 0 radical (unpaired) electrons. The number of nitrogens with zero attached hydrogens (tertiary/aromatic N) is 3. The van der Waals surface area contributed by atoms with Crippen molar-refractivity contribution < 1.29 is 19.0 Å². The van der Waals surface area contributed by atoms with Crippen LogP contribution in [0.3, 0.4) is 0 Å². The number of nitrogens with two attached hydrogens (primary N) is 1. The molecule has 1 aromatic heterocycles. The molecule has 1 unspecified atom stereocenters. The quantitative estimate of drug-likeness (QED) is 0.271. The molecule has 184 valence electrons. The van der Waals surface area contributed by atoms with Gasteiger partial charge in [0, 0.05) is 12.0 Å². The van der Waals surface area contributed by atoms with Gasteiger partial charge in [0.2, 0.25) is 11.5 Å². The molecule has 1 aliphatic heterocycles. The number of hydrogen-bond donors (Lipinski definition) is 2. The van der Waals surface area contributed by atoms with Crippen molar-refractivity contribution in [3.8, 4) is 17.2 Å². The van der Waals surface area contributed by atoms with Gasteiger partial charge in [0.05, 0.1) is 18.8 Å². The lowest BCUT2D eigenvalue weighted by molar-refractivity contribution is 0.0547. The van der Waals surface area contributed by atoms with E-state index in [2.05, 4.69) is 44.9 Å². The SMILES string of the molecule is NC1(c2nn[nH]n2)CCOc2cccc(C(=O)c3ccc(OCCCCc4ccccc4)cc3)c2O1. The van der Waals surface area contributed by atoms with E-state index in [9.17, 15) is 4.79 Å². The third-order valence-corrected chi connectivity index (χ3v) is 6.05. The summed E-state index contributed by atoms with van der Waals surface area (Å²) in [7, 11) is 0. The fraction of sp³-hybridized carbons (Fsp3) is 0.259. The van der Waals surface area contributed by atoms with Crippen LogP contribution in [0.4, 0.5) is 0 Å². The average Bonchev–Trinajstić information content (AvgIpc) is 3.40. The minimum atomic E-state index is -1.38. The molecule has 0 aliphatic carbocycles. The van der Waals surface area contributed by atoms with Crippen LogP contribution in [0.15, 0.2) is 72.8 Å².